The maximum absolute atomic E-state index is 10.3. The zero-order valence-electron chi connectivity index (χ0n) is 7.92. The van der Waals surface area contributed by atoms with Crippen LogP contribution in [-0.2, 0) is 4.79 Å². The molecule has 0 heterocycles. The number of nitrogens with one attached hydrogen (secondary N) is 1. The predicted molar refractivity (Wildman–Crippen MR) is 48.9 cm³/mol. The van der Waals surface area contributed by atoms with Crippen molar-refractivity contribution in [2.75, 3.05) is 14.1 Å². The summed E-state index contributed by atoms with van der Waals surface area (Å²) >= 11 is 0. The van der Waals surface area contributed by atoms with Gasteiger partial charge in [0.15, 0.2) is 0 Å². The molecule has 0 radical (unpaired) electrons. The highest BCUT2D eigenvalue weighted by Crippen LogP contribution is 2.21. The molecule has 1 saturated carbocycles. The lowest BCUT2D eigenvalue weighted by atomic mass is 9.90. The second-order valence-electron chi connectivity index (χ2n) is 3.71. The number of hydrogen-bond acceptors (Lipinski definition) is 2. The van der Waals surface area contributed by atoms with Gasteiger partial charge in [0, 0.05) is 12.1 Å². The van der Waals surface area contributed by atoms with Crippen molar-refractivity contribution in [1.82, 2.24) is 10.2 Å². The van der Waals surface area contributed by atoms with Crippen LogP contribution in [0.15, 0.2) is 0 Å². The minimum absolute atomic E-state index is 0.367. The first-order chi connectivity index (χ1) is 5.75. The van der Waals surface area contributed by atoms with Crippen LogP contribution in [0.3, 0.4) is 0 Å². The van der Waals surface area contributed by atoms with Crippen LogP contribution in [0.5, 0.6) is 0 Å². The summed E-state index contributed by atoms with van der Waals surface area (Å²) in [4.78, 5) is 12.5. The zero-order valence-corrected chi connectivity index (χ0v) is 7.92. The highest BCUT2D eigenvalue weighted by atomic mass is 16.1. The molecule has 0 aromatic heterocycles. The monoisotopic (exact) mass is 170 g/mol. The van der Waals surface area contributed by atoms with Crippen LogP contribution < -0.4 is 5.32 Å². The third-order valence-electron chi connectivity index (χ3n) is 2.67. The molecule has 1 aliphatic carbocycles. The maximum Gasteiger partial charge on any atom is 0.207 e. The molecule has 0 bridgehead atoms. The van der Waals surface area contributed by atoms with E-state index in [-0.39, 0.29) is 0 Å². The molecule has 3 nitrogen and oxygen atoms in total. The molecular formula is C9H18N2O. The molecule has 2 atom stereocenters. The largest absolute Gasteiger partial charge is 0.354 e. The van der Waals surface area contributed by atoms with E-state index in [2.05, 4.69) is 24.3 Å². The molecule has 0 spiro atoms. The molecule has 1 rings (SSSR count). The van der Waals surface area contributed by atoms with Crippen LogP contribution in [0.4, 0.5) is 0 Å². The fourth-order valence-corrected chi connectivity index (χ4v) is 2.01. The number of amides is 1. The number of rotatable bonds is 3. The van der Waals surface area contributed by atoms with Gasteiger partial charge in [-0.1, -0.05) is 12.8 Å². The predicted octanol–water partition coefficient (Wildman–Crippen LogP) is 0.605. The van der Waals surface area contributed by atoms with Crippen molar-refractivity contribution in [2.45, 2.75) is 37.8 Å². The van der Waals surface area contributed by atoms with Gasteiger partial charge in [0.25, 0.3) is 0 Å². The number of carbonyl (C=O) groups excluding carboxylic acids is 1. The van der Waals surface area contributed by atoms with E-state index in [0.29, 0.717) is 12.1 Å². The number of carbonyl (C=O) groups is 1. The molecule has 0 aliphatic heterocycles. The van der Waals surface area contributed by atoms with Gasteiger partial charge in [-0.25, -0.2) is 0 Å². The van der Waals surface area contributed by atoms with Gasteiger partial charge in [-0.15, -0.1) is 0 Å². The summed E-state index contributed by atoms with van der Waals surface area (Å²) in [5, 5.41) is 2.89. The Morgan fingerprint density at radius 3 is 2.58 bits per heavy atom. The van der Waals surface area contributed by atoms with Crippen LogP contribution in [-0.4, -0.2) is 37.5 Å². The highest BCUT2D eigenvalue weighted by molar-refractivity contribution is 5.46. The minimum atomic E-state index is 0.367. The second kappa shape index (κ2) is 4.45. The standard InChI is InChI=1S/C9H18N2O/c1-11(2)9-6-4-3-5-8(9)10-7-12/h7-9H,3-6H2,1-2H3,(H,10,12)/t8-,9-/m1/s1. The molecule has 3 heteroatoms. The van der Waals surface area contributed by atoms with Gasteiger partial charge in [-0.05, 0) is 26.9 Å². The van der Waals surface area contributed by atoms with Crippen molar-refractivity contribution < 1.29 is 4.79 Å². The summed E-state index contributed by atoms with van der Waals surface area (Å²) in [5.41, 5.74) is 0. The first-order valence-corrected chi connectivity index (χ1v) is 4.62. The van der Waals surface area contributed by atoms with Gasteiger partial charge in [0.05, 0.1) is 0 Å². The molecule has 12 heavy (non-hydrogen) atoms. The summed E-state index contributed by atoms with van der Waals surface area (Å²) in [6.07, 6.45) is 5.70. The second-order valence-corrected chi connectivity index (χ2v) is 3.71. The molecule has 0 saturated heterocycles. The molecular weight excluding hydrogens is 152 g/mol. The van der Waals surface area contributed by atoms with Crippen LogP contribution >= 0.6 is 0 Å². The minimum Gasteiger partial charge on any atom is -0.354 e. The topological polar surface area (TPSA) is 32.3 Å². The van der Waals surface area contributed by atoms with Crippen molar-refractivity contribution in [2.24, 2.45) is 0 Å². The smallest absolute Gasteiger partial charge is 0.207 e. The number of nitrogens with zero attached hydrogens (tertiary/aromatic N) is 1. The van der Waals surface area contributed by atoms with Crippen LogP contribution in [0.2, 0.25) is 0 Å². The molecule has 0 aromatic carbocycles. The van der Waals surface area contributed by atoms with E-state index in [0.717, 1.165) is 12.8 Å². The van der Waals surface area contributed by atoms with Crippen molar-refractivity contribution in [3.63, 3.8) is 0 Å². The Morgan fingerprint density at radius 2 is 2.00 bits per heavy atom. The Bertz CT molecular complexity index is 147. The fraction of sp³-hybridized carbons (Fsp3) is 0.889. The molecule has 1 amide bonds. The SMILES string of the molecule is CN(C)[C@@H]1CCCC[C@H]1NC=O. The third kappa shape index (κ3) is 2.21. The average Bonchev–Trinajstić information content (AvgIpc) is 2.05. The van der Waals surface area contributed by atoms with Gasteiger partial charge in [-0.3, -0.25) is 4.79 Å². The van der Waals surface area contributed by atoms with E-state index in [1.54, 1.807) is 0 Å². The quantitative estimate of drug-likeness (QED) is 0.629. The van der Waals surface area contributed by atoms with E-state index in [1.165, 1.54) is 19.3 Å². The first kappa shape index (κ1) is 9.52. The normalized spacial score (nSPS) is 30.2. The van der Waals surface area contributed by atoms with Gasteiger partial charge in [0.1, 0.15) is 0 Å². The van der Waals surface area contributed by atoms with Crippen molar-refractivity contribution >= 4 is 6.41 Å². The van der Waals surface area contributed by atoms with Crippen molar-refractivity contribution in [3.05, 3.63) is 0 Å². The maximum atomic E-state index is 10.3. The Balaban J connectivity index is 2.47. The van der Waals surface area contributed by atoms with E-state index >= 15 is 0 Å². The Morgan fingerprint density at radius 1 is 1.33 bits per heavy atom. The van der Waals surface area contributed by atoms with Crippen LogP contribution in [0.25, 0.3) is 0 Å². The fourth-order valence-electron chi connectivity index (χ4n) is 2.01. The van der Waals surface area contributed by atoms with E-state index in [1.807, 2.05) is 0 Å². The zero-order chi connectivity index (χ0) is 8.97. The Kier molecular flexibility index (Phi) is 3.53. The van der Waals surface area contributed by atoms with E-state index in [9.17, 15) is 4.79 Å². The highest BCUT2D eigenvalue weighted by Gasteiger charge is 2.25. The molecule has 0 aromatic rings. The summed E-state index contributed by atoms with van der Waals surface area (Å²) in [7, 11) is 4.16. The number of likely N-dealkylation sites (N-methyl/N-ethyl adjacent to an activating group) is 1. The summed E-state index contributed by atoms with van der Waals surface area (Å²) < 4.78 is 0. The first-order valence-electron chi connectivity index (χ1n) is 4.62. The van der Waals surface area contributed by atoms with E-state index < -0.39 is 0 Å². The average molecular weight is 170 g/mol. The lowest BCUT2D eigenvalue weighted by molar-refractivity contribution is -0.110. The van der Waals surface area contributed by atoms with Gasteiger partial charge in [-0.2, -0.15) is 0 Å². The molecule has 70 valence electrons. The van der Waals surface area contributed by atoms with Crippen LogP contribution in [0.1, 0.15) is 25.7 Å². The summed E-state index contributed by atoms with van der Waals surface area (Å²) in [6.45, 7) is 0. The van der Waals surface area contributed by atoms with Crippen molar-refractivity contribution in [3.8, 4) is 0 Å². The van der Waals surface area contributed by atoms with Gasteiger partial charge in [0.2, 0.25) is 6.41 Å². The molecule has 0 unspecified atom stereocenters. The lowest BCUT2D eigenvalue weighted by Crippen LogP contribution is -2.48. The summed E-state index contributed by atoms with van der Waals surface area (Å²) in [6, 6.07) is 0.898. The Labute approximate surface area is 74.1 Å². The van der Waals surface area contributed by atoms with Gasteiger partial charge >= 0.3 is 0 Å². The Hall–Kier alpha value is -0.570. The van der Waals surface area contributed by atoms with Crippen LogP contribution in [0, 0.1) is 0 Å². The molecule has 1 N–H and O–H groups in total. The third-order valence-corrected chi connectivity index (χ3v) is 2.67. The van der Waals surface area contributed by atoms with Gasteiger partial charge < -0.3 is 10.2 Å². The molecule has 1 fully saturated rings. The number of hydrogen-bond donors (Lipinski definition) is 1. The van der Waals surface area contributed by atoms with Crippen molar-refractivity contribution in [1.29, 1.82) is 0 Å². The molecule has 1 aliphatic rings. The summed E-state index contributed by atoms with van der Waals surface area (Å²) in [5.74, 6) is 0. The lowest BCUT2D eigenvalue weighted by Gasteiger charge is -2.35. The van der Waals surface area contributed by atoms with E-state index in [4.69, 9.17) is 0 Å².